The number of benzene rings is 1. The highest BCUT2D eigenvalue weighted by Crippen LogP contribution is 2.36. The predicted molar refractivity (Wildman–Crippen MR) is 100 cm³/mol. The van der Waals surface area contributed by atoms with Crippen LogP contribution in [0.15, 0.2) is 67.1 Å². The van der Waals surface area contributed by atoms with Crippen LogP contribution in [-0.4, -0.2) is 19.1 Å². The first kappa shape index (κ1) is 11.2. The zero-order chi connectivity index (χ0) is 19.8. The van der Waals surface area contributed by atoms with Crippen LogP contribution < -0.4 is 4.57 Å². The van der Waals surface area contributed by atoms with Gasteiger partial charge in [-0.2, -0.15) is 4.57 Å². The summed E-state index contributed by atoms with van der Waals surface area (Å²) in [5.74, 6) is 0.897. The fourth-order valence-electron chi connectivity index (χ4n) is 4.05. The minimum atomic E-state index is -2.35. The molecule has 1 aromatic carbocycles. The highest BCUT2D eigenvalue weighted by Gasteiger charge is 2.38. The van der Waals surface area contributed by atoms with Crippen molar-refractivity contribution in [3.8, 4) is 17.2 Å². The third-order valence-electron chi connectivity index (χ3n) is 5.11. The average molecular weight is 341 g/mol. The molecule has 0 amide bonds. The number of hydrogen-bond donors (Lipinski definition) is 0. The van der Waals surface area contributed by atoms with Gasteiger partial charge in [0.2, 0.25) is 5.52 Å². The Morgan fingerprint density at radius 3 is 2.88 bits per heavy atom. The van der Waals surface area contributed by atoms with Gasteiger partial charge in [0.05, 0.1) is 17.1 Å². The SMILES string of the molecule is [2H]C([2H])([2H])n1c2cnccc2c2c1n(-c1ccccc1)c1[n+]2Cc2cccnc2-1. The van der Waals surface area contributed by atoms with Gasteiger partial charge in [-0.3, -0.25) is 4.98 Å². The van der Waals surface area contributed by atoms with Crippen molar-refractivity contribution in [3.05, 3.63) is 72.7 Å². The number of para-hydroxylation sites is 1. The van der Waals surface area contributed by atoms with E-state index in [1.807, 2.05) is 47.0 Å². The van der Waals surface area contributed by atoms with Gasteiger partial charge >= 0.3 is 5.82 Å². The van der Waals surface area contributed by atoms with E-state index in [0.717, 1.165) is 33.7 Å². The first-order valence-electron chi connectivity index (χ1n) is 9.98. The van der Waals surface area contributed by atoms with Gasteiger partial charge < -0.3 is 4.57 Å². The van der Waals surface area contributed by atoms with Crippen molar-refractivity contribution in [1.82, 2.24) is 19.1 Å². The molecule has 0 atom stereocenters. The molecule has 5 heteroatoms. The Balaban J connectivity index is 1.89. The minimum absolute atomic E-state index is 0.599. The summed E-state index contributed by atoms with van der Waals surface area (Å²) in [6.07, 6.45) is 5.12. The molecule has 6 rings (SSSR count). The summed E-state index contributed by atoms with van der Waals surface area (Å²) in [6, 6.07) is 15.7. The standard InChI is InChI=1S/C21H16N5/c1-24-17-12-22-11-9-16(17)19-21(24)26(15-7-3-2-4-8-15)20-18-14(13-25(19)20)6-5-10-23-18/h2-12H,13H2,1H3/q+1/i1D3. The molecule has 0 saturated heterocycles. The van der Waals surface area contributed by atoms with Gasteiger partial charge in [0.25, 0.3) is 5.65 Å². The molecule has 5 nitrogen and oxygen atoms in total. The van der Waals surface area contributed by atoms with Crippen molar-refractivity contribution < 1.29 is 8.68 Å². The maximum atomic E-state index is 8.24. The highest BCUT2D eigenvalue weighted by atomic mass is 15.3. The van der Waals surface area contributed by atoms with Gasteiger partial charge in [0, 0.05) is 29.0 Å². The van der Waals surface area contributed by atoms with Crippen molar-refractivity contribution in [3.63, 3.8) is 0 Å². The molecule has 0 bridgehead atoms. The smallest absolute Gasteiger partial charge is 0.306 e. The highest BCUT2D eigenvalue weighted by molar-refractivity contribution is 6.04. The molecule has 0 aliphatic carbocycles. The largest absolute Gasteiger partial charge is 0.315 e. The minimum Gasteiger partial charge on any atom is -0.306 e. The van der Waals surface area contributed by atoms with E-state index in [0.29, 0.717) is 17.7 Å². The van der Waals surface area contributed by atoms with E-state index in [4.69, 9.17) is 4.11 Å². The summed E-state index contributed by atoms with van der Waals surface area (Å²) < 4.78 is 30.3. The van der Waals surface area contributed by atoms with Crippen molar-refractivity contribution >= 4 is 22.1 Å². The van der Waals surface area contributed by atoms with Gasteiger partial charge in [-0.25, -0.2) is 9.55 Å². The van der Waals surface area contributed by atoms with Crippen molar-refractivity contribution in [1.29, 1.82) is 0 Å². The second kappa shape index (κ2) is 4.79. The van der Waals surface area contributed by atoms with E-state index in [9.17, 15) is 0 Å². The molecule has 1 aliphatic heterocycles. The summed E-state index contributed by atoms with van der Waals surface area (Å²) in [7, 11) is 0. The van der Waals surface area contributed by atoms with Crippen LogP contribution in [0, 0.1) is 0 Å². The summed E-state index contributed by atoms with van der Waals surface area (Å²) >= 11 is 0. The molecule has 0 spiro atoms. The first-order valence-corrected chi connectivity index (χ1v) is 8.48. The van der Waals surface area contributed by atoms with Crippen LogP contribution in [0.25, 0.3) is 39.3 Å². The zero-order valence-corrected chi connectivity index (χ0v) is 13.8. The van der Waals surface area contributed by atoms with E-state index in [1.54, 1.807) is 18.6 Å². The Kier molecular flexibility index (Phi) is 2.06. The third kappa shape index (κ3) is 1.57. The summed E-state index contributed by atoms with van der Waals surface area (Å²) in [6.45, 7) is -1.70. The molecule has 0 saturated carbocycles. The Labute approximate surface area is 154 Å². The maximum Gasteiger partial charge on any atom is 0.315 e. The zero-order valence-electron chi connectivity index (χ0n) is 16.8. The van der Waals surface area contributed by atoms with Crippen LogP contribution in [0.5, 0.6) is 0 Å². The molecule has 1 aliphatic rings. The van der Waals surface area contributed by atoms with Crippen LogP contribution in [0.4, 0.5) is 0 Å². The Morgan fingerprint density at radius 2 is 2.00 bits per heavy atom. The van der Waals surface area contributed by atoms with Crippen LogP contribution in [-0.2, 0) is 13.5 Å². The van der Waals surface area contributed by atoms with Gasteiger partial charge in [-0.05, 0) is 24.3 Å². The van der Waals surface area contributed by atoms with Crippen molar-refractivity contribution in [2.24, 2.45) is 6.98 Å². The number of imidazole rings is 1. The Hall–Kier alpha value is -3.47. The number of fused-ring (bicyclic) bond motifs is 7. The lowest BCUT2D eigenvalue weighted by molar-refractivity contribution is -0.645. The molecule has 0 N–H and O–H groups in total. The van der Waals surface area contributed by atoms with Gasteiger partial charge in [-0.1, -0.05) is 24.3 Å². The Morgan fingerprint density at radius 1 is 1.08 bits per heavy atom. The van der Waals surface area contributed by atoms with Crippen LogP contribution >= 0.6 is 0 Å². The fraction of sp³-hybridized carbons (Fsp3) is 0.0952. The molecular formula is C21H16N5+. The summed E-state index contributed by atoms with van der Waals surface area (Å²) in [5, 5.41) is 0.870. The van der Waals surface area contributed by atoms with E-state index < -0.39 is 6.98 Å². The van der Waals surface area contributed by atoms with E-state index in [1.165, 1.54) is 4.57 Å². The van der Waals surface area contributed by atoms with Crippen LogP contribution in [0.3, 0.4) is 0 Å². The van der Waals surface area contributed by atoms with Crippen LogP contribution in [0.1, 0.15) is 9.68 Å². The Bertz CT molecular complexity index is 1410. The van der Waals surface area contributed by atoms with E-state index >= 15 is 0 Å². The number of aryl methyl sites for hydroxylation is 1. The van der Waals surface area contributed by atoms with E-state index in [2.05, 4.69) is 20.6 Å². The first-order chi connectivity index (χ1) is 14.1. The lowest BCUT2D eigenvalue weighted by atomic mass is 10.2. The molecule has 4 aromatic heterocycles. The third-order valence-corrected chi connectivity index (χ3v) is 5.11. The molecule has 124 valence electrons. The molecular weight excluding hydrogens is 322 g/mol. The molecule has 0 fully saturated rings. The molecule has 5 heterocycles. The number of aromatic nitrogens is 5. The number of rotatable bonds is 1. The fourth-order valence-corrected chi connectivity index (χ4v) is 4.05. The van der Waals surface area contributed by atoms with Gasteiger partial charge in [-0.15, -0.1) is 0 Å². The molecule has 5 aromatic rings. The second-order valence-electron chi connectivity index (χ2n) is 6.49. The van der Waals surface area contributed by atoms with Crippen LogP contribution in [0.2, 0.25) is 0 Å². The van der Waals surface area contributed by atoms with E-state index in [-0.39, 0.29) is 0 Å². The predicted octanol–water partition coefficient (Wildman–Crippen LogP) is 3.23. The second-order valence-corrected chi connectivity index (χ2v) is 6.49. The molecule has 26 heavy (non-hydrogen) atoms. The number of hydrogen-bond acceptors (Lipinski definition) is 2. The normalized spacial score (nSPS) is 14.8. The number of nitrogens with zero attached hydrogens (tertiary/aromatic N) is 5. The monoisotopic (exact) mass is 341 g/mol. The average Bonchev–Trinajstić information content (AvgIpc) is 3.34. The summed E-state index contributed by atoms with van der Waals surface area (Å²) in [4.78, 5) is 8.83. The maximum absolute atomic E-state index is 8.24. The molecule has 0 radical (unpaired) electrons. The number of pyridine rings is 2. The summed E-state index contributed by atoms with van der Waals surface area (Å²) in [5.41, 5.74) is 5.01. The quantitative estimate of drug-likeness (QED) is 0.431. The lowest BCUT2D eigenvalue weighted by Gasteiger charge is -2.03. The van der Waals surface area contributed by atoms with Crippen molar-refractivity contribution in [2.45, 2.75) is 6.54 Å². The van der Waals surface area contributed by atoms with Gasteiger partial charge in [0.15, 0.2) is 5.69 Å². The lowest BCUT2D eigenvalue weighted by Crippen LogP contribution is -2.31. The van der Waals surface area contributed by atoms with Gasteiger partial charge in [0.1, 0.15) is 12.2 Å². The topological polar surface area (TPSA) is 39.5 Å². The molecule has 0 unspecified atom stereocenters. The van der Waals surface area contributed by atoms with Crippen molar-refractivity contribution in [2.75, 3.05) is 0 Å².